The minimum Gasteiger partial charge on any atom is -0.452 e. The molecular formula is C58H36N4O. The van der Waals surface area contributed by atoms with E-state index in [1.54, 1.807) is 0 Å². The van der Waals surface area contributed by atoms with Crippen LogP contribution < -0.4 is 0 Å². The summed E-state index contributed by atoms with van der Waals surface area (Å²) in [5.74, 6) is 0.637. The quantitative estimate of drug-likeness (QED) is 0.168. The van der Waals surface area contributed by atoms with Gasteiger partial charge in [-0.15, -0.1) is 0 Å². The van der Waals surface area contributed by atoms with Crippen LogP contribution in [0.25, 0.3) is 122 Å². The average molecular weight is 805 g/mol. The van der Waals surface area contributed by atoms with Crippen molar-refractivity contribution in [2.75, 3.05) is 0 Å². The second kappa shape index (κ2) is 14.0. The Bertz CT molecular complexity index is 3880. The lowest BCUT2D eigenvalue weighted by molar-refractivity contribution is 0.667. The van der Waals surface area contributed by atoms with Crippen LogP contribution in [-0.4, -0.2) is 19.1 Å². The molecule has 0 atom stereocenters. The highest BCUT2D eigenvalue weighted by molar-refractivity contribution is 6.33. The summed E-state index contributed by atoms with van der Waals surface area (Å²) < 4.78 is 11.4. The molecule has 0 radical (unpaired) electrons. The van der Waals surface area contributed by atoms with Gasteiger partial charge in [-0.1, -0.05) is 164 Å². The Labute approximate surface area is 362 Å². The second-order valence-corrected chi connectivity index (χ2v) is 16.1. The zero-order valence-corrected chi connectivity index (χ0v) is 34.0. The minimum absolute atomic E-state index is 0.637. The van der Waals surface area contributed by atoms with E-state index in [4.69, 9.17) is 14.4 Å². The average Bonchev–Trinajstić information content (AvgIpc) is 4.02. The van der Waals surface area contributed by atoms with Crippen LogP contribution in [0, 0.1) is 0 Å². The molecule has 5 heteroatoms. The van der Waals surface area contributed by atoms with E-state index < -0.39 is 0 Å². The fourth-order valence-electron chi connectivity index (χ4n) is 9.88. The monoisotopic (exact) mass is 804 g/mol. The molecule has 0 aliphatic rings. The third-order valence-electron chi connectivity index (χ3n) is 12.5. The minimum atomic E-state index is 0.637. The van der Waals surface area contributed by atoms with Gasteiger partial charge in [-0.05, 0) is 65.7 Å². The molecular weight excluding hydrogens is 769 g/mol. The van der Waals surface area contributed by atoms with Crippen molar-refractivity contribution in [2.24, 2.45) is 0 Å². The fourth-order valence-corrected chi connectivity index (χ4v) is 9.88. The lowest BCUT2D eigenvalue weighted by Gasteiger charge is -2.19. The Hall–Kier alpha value is -8.54. The SMILES string of the molecule is c1ccc(-c2nc(-c3cccc(-c4c5c6ccccc6n(-c6ccccc6)c5c(-c5ccccc5)c5c6ccccc6n(-c6ccccc6)c45)c3)nc3c2oc2ccccc23)cc1. The van der Waals surface area contributed by atoms with Gasteiger partial charge in [-0.25, -0.2) is 9.97 Å². The van der Waals surface area contributed by atoms with Gasteiger partial charge in [0.25, 0.3) is 0 Å². The summed E-state index contributed by atoms with van der Waals surface area (Å²) in [7, 11) is 0. The van der Waals surface area contributed by atoms with Gasteiger partial charge in [0.2, 0.25) is 0 Å². The molecule has 0 aliphatic carbocycles. The van der Waals surface area contributed by atoms with Crippen LogP contribution in [-0.2, 0) is 0 Å². The Morgan fingerprint density at radius 2 is 0.825 bits per heavy atom. The van der Waals surface area contributed by atoms with Gasteiger partial charge >= 0.3 is 0 Å². The van der Waals surface area contributed by atoms with Gasteiger partial charge < -0.3 is 13.6 Å². The topological polar surface area (TPSA) is 48.8 Å². The van der Waals surface area contributed by atoms with Gasteiger partial charge in [-0.2, -0.15) is 0 Å². The van der Waals surface area contributed by atoms with E-state index in [0.717, 1.165) is 83.4 Å². The first-order valence-electron chi connectivity index (χ1n) is 21.3. The Morgan fingerprint density at radius 3 is 1.43 bits per heavy atom. The molecule has 13 rings (SSSR count). The molecule has 13 aromatic rings. The highest BCUT2D eigenvalue weighted by atomic mass is 16.3. The number of hydrogen-bond donors (Lipinski definition) is 0. The van der Waals surface area contributed by atoms with Crippen LogP contribution in [0.2, 0.25) is 0 Å². The summed E-state index contributed by atoms with van der Waals surface area (Å²) in [5.41, 5.74) is 16.3. The van der Waals surface area contributed by atoms with Crippen molar-refractivity contribution in [1.82, 2.24) is 19.1 Å². The number of furan rings is 1. The van der Waals surface area contributed by atoms with Crippen LogP contribution in [0.15, 0.2) is 223 Å². The number of fused-ring (bicyclic) bond motifs is 9. The normalized spacial score (nSPS) is 11.8. The number of para-hydroxylation sites is 5. The molecule has 4 heterocycles. The van der Waals surface area contributed by atoms with Crippen molar-refractivity contribution >= 4 is 65.7 Å². The van der Waals surface area contributed by atoms with Crippen molar-refractivity contribution in [2.45, 2.75) is 0 Å². The third kappa shape index (κ3) is 5.36. The molecule has 0 bridgehead atoms. The maximum atomic E-state index is 6.50. The molecule has 0 N–H and O–H groups in total. The van der Waals surface area contributed by atoms with Gasteiger partial charge in [0.15, 0.2) is 11.4 Å². The van der Waals surface area contributed by atoms with E-state index in [9.17, 15) is 0 Å². The highest BCUT2D eigenvalue weighted by Crippen LogP contribution is 2.52. The predicted octanol–water partition coefficient (Wildman–Crippen LogP) is 15.2. The first-order chi connectivity index (χ1) is 31.3. The summed E-state index contributed by atoms with van der Waals surface area (Å²) in [6, 6.07) is 77.5. The van der Waals surface area contributed by atoms with Crippen molar-refractivity contribution in [3.63, 3.8) is 0 Å². The zero-order chi connectivity index (χ0) is 41.4. The third-order valence-corrected chi connectivity index (χ3v) is 12.5. The number of rotatable bonds is 6. The summed E-state index contributed by atoms with van der Waals surface area (Å²) >= 11 is 0. The van der Waals surface area contributed by atoms with Crippen molar-refractivity contribution in [3.8, 4) is 56.3 Å². The Morgan fingerprint density at radius 1 is 0.365 bits per heavy atom. The first kappa shape index (κ1) is 35.2. The van der Waals surface area contributed by atoms with E-state index >= 15 is 0 Å². The van der Waals surface area contributed by atoms with E-state index in [2.05, 4.69) is 191 Å². The van der Waals surface area contributed by atoms with Gasteiger partial charge in [-0.3, -0.25) is 0 Å². The molecule has 5 nitrogen and oxygen atoms in total. The number of nitrogens with zero attached hydrogens (tertiary/aromatic N) is 4. The van der Waals surface area contributed by atoms with E-state index in [1.807, 2.05) is 36.4 Å². The first-order valence-corrected chi connectivity index (χ1v) is 21.3. The Kier molecular flexibility index (Phi) is 7.84. The molecule has 0 unspecified atom stereocenters. The molecule has 294 valence electrons. The maximum Gasteiger partial charge on any atom is 0.180 e. The molecule has 9 aromatic carbocycles. The van der Waals surface area contributed by atoms with Crippen LogP contribution in [0.1, 0.15) is 0 Å². The van der Waals surface area contributed by atoms with E-state index in [1.165, 1.54) is 27.1 Å². The lowest BCUT2D eigenvalue weighted by atomic mass is 9.89. The standard InChI is InChI=1S/C58H36N4O/c1-5-20-37(21-6-1)49-51-43-30-13-16-33-46(43)62(42-28-11-4-12-29-42)56(51)50(52-44-31-14-17-34-47(44)61(55(49)52)41-26-9-3-10-27-41)39-24-19-25-40(36-39)58-59-53(38-22-7-2-8-23-38)57-54(60-58)45-32-15-18-35-48(45)63-57/h1-36H. The molecule has 0 amide bonds. The second-order valence-electron chi connectivity index (χ2n) is 16.1. The molecule has 0 aliphatic heterocycles. The number of benzene rings is 9. The predicted molar refractivity (Wildman–Crippen MR) is 260 cm³/mol. The maximum absolute atomic E-state index is 6.50. The molecule has 0 fully saturated rings. The largest absolute Gasteiger partial charge is 0.452 e. The molecule has 0 saturated carbocycles. The molecule has 0 saturated heterocycles. The van der Waals surface area contributed by atoms with Gasteiger partial charge in [0.1, 0.15) is 16.8 Å². The van der Waals surface area contributed by atoms with Crippen LogP contribution in [0.4, 0.5) is 0 Å². The van der Waals surface area contributed by atoms with Crippen LogP contribution in [0.5, 0.6) is 0 Å². The van der Waals surface area contributed by atoms with E-state index in [0.29, 0.717) is 11.4 Å². The van der Waals surface area contributed by atoms with Gasteiger partial charge in [0.05, 0.1) is 22.1 Å². The highest BCUT2D eigenvalue weighted by Gasteiger charge is 2.29. The molecule has 4 aromatic heterocycles. The number of aromatic nitrogens is 4. The summed E-state index contributed by atoms with van der Waals surface area (Å²) in [4.78, 5) is 10.6. The Balaban J connectivity index is 1.22. The van der Waals surface area contributed by atoms with Crippen molar-refractivity contribution < 1.29 is 4.42 Å². The molecule has 0 spiro atoms. The van der Waals surface area contributed by atoms with Crippen molar-refractivity contribution in [3.05, 3.63) is 218 Å². The molecule has 63 heavy (non-hydrogen) atoms. The summed E-state index contributed by atoms with van der Waals surface area (Å²) in [6.45, 7) is 0. The van der Waals surface area contributed by atoms with Gasteiger partial charge in [0, 0.05) is 60.6 Å². The smallest absolute Gasteiger partial charge is 0.180 e. The summed E-state index contributed by atoms with van der Waals surface area (Å²) in [6.07, 6.45) is 0. The number of hydrogen-bond acceptors (Lipinski definition) is 3. The van der Waals surface area contributed by atoms with E-state index in [-0.39, 0.29) is 0 Å². The van der Waals surface area contributed by atoms with Crippen LogP contribution >= 0.6 is 0 Å². The lowest BCUT2D eigenvalue weighted by Crippen LogP contribution is -1.99. The summed E-state index contributed by atoms with van der Waals surface area (Å²) in [5, 5.41) is 5.70. The fraction of sp³-hybridized carbons (Fsp3) is 0. The zero-order valence-electron chi connectivity index (χ0n) is 34.0. The van der Waals surface area contributed by atoms with Crippen molar-refractivity contribution in [1.29, 1.82) is 0 Å². The van der Waals surface area contributed by atoms with Crippen LogP contribution in [0.3, 0.4) is 0 Å².